The van der Waals surface area contributed by atoms with Crippen LogP contribution in [-0.4, -0.2) is 70.2 Å². The number of nitrogens with one attached hydrogen (secondary N) is 2. The highest BCUT2D eigenvalue weighted by molar-refractivity contribution is 5.98. The van der Waals surface area contributed by atoms with Crippen LogP contribution in [0.25, 0.3) is 22.2 Å². The van der Waals surface area contributed by atoms with E-state index in [0.29, 0.717) is 17.5 Å². The minimum absolute atomic E-state index is 0.205. The maximum atomic E-state index is 9.85. The normalized spacial score (nSPS) is 15.1. The molecule has 0 unspecified atom stereocenters. The number of rotatable bonds is 6. The highest BCUT2D eigenvalue weighted by Gasteiger charge is 2.17. The first kappa shape index (κ1) is 21.2. The van der Waals surface area contributed by atoms with E-state index >= 15 is 0 Å². The van der Waals surface area contributed by atoms with Crippen LogP contribution in [0.15, 0.2) is 54.7 Å². The van der Waals surface area contributed by atoms with Crippen LogP contribution < -0.4 is 10.1 Å². The molecule has 8 nitrogen and oxygen atoms in total. The van der Waals surface area contributed by atoms with Gasteiger partial charge >= 0.3 is 0 Å². The first-order valence-corrected chi connectivity index (χ1v) is 11.1. The zero-order valence-corrected chi connectivity index (χ0v) is 18.9. The van der Waals surface area contributed by atoms with Crippen molar-refractivity contribution >= 4 is 22.7 Å². The molecule has 3 heterocycles. The monoisotopic (exact) mass is 444 g/mol. The Morgan fingerprint density at radius 2 is 1.85 bits per heavy atom. The molecule has 0 spiro atoms. The van der Waals surface area contributed by atoms with Crippen molar-refractivity contribution < 1.29 is 9.84 Å². The lowest BCUT2D eigenvalue weighted by Crippen LogP contribution is -2.43. The second-order valence-corrected chi connectivity index (χ2v) is 8.43. The van der Waals surface area contributed by atoms with Gasteiger partial charge in [-0.05, 0) is 42.4 Å². The smallest absolute Gasteiger partial charge is 0.232 e. The quantitative estimate of drug-likeness (QED) is 0.416. The summed E-state index contributed by atoms with van der Waals surface area (Å²) in [5.74, 6) is 1.13. The van der Waals surface area contributed by atoms with Gasteiger partial charge in [-0.15, -0.1) is 0 Å². The van der Waals surface area contributed by atoms with E-state index in [1.165, 1.54) is 5.56 Å². The molecule has 8 heteroatoms. The molecule has 2 aromatic heterocycles. The lowest BCUT2D eigenvalue weighted by atomic mass is 10.1. The number of nitrogens with zero attached hydrogens (tertiary/aromatic N) is 4. The summed E-state index contributed by atoms with van der Waals surface area (Å²) in [4.78, 5) is 17.3. The van der Waals surface area contributed by atoms with E-state index in [1.807, 2.05) is 12.3 Å². The molecule has 0 amide bonds. The van der Waals surface area contributed by atoms with E-state index in [9.17, 15) is 5.11 Å². The van der Waals surface area contributed by atoms with Crippen molar-refractivity contribution in [3.8, 4) is 22.8 Å². The Balaban J connectivity index is 1.35. The van der Waals surface area contributed by atoms with Crippen molar-refractivity contribution in [1.82, 2.24) is 24.8 Å². The SMILES string of the molecule is COc1nc(Nc2ccc(CN3CCN(C)CC3)cc2)nc2[nH]cc(-c3cccc(O)c3)c12. The molecule has 5 rings (SSSR count). The first-order chi connectivity index (χ1) is 16.1. The molecule has 3 N–H and O–H groups in total. The van der Waals surface area contributed by atoms with Gasteiger partial charge in [0.1, 0.15) is 11.4 Å². The van der Waals surface area contributed by atoms with Crippen LogP contribution in [0.2, 0.25) is 0 Å². The van der Waals surface area contributed by atoms with Gasteiger partial charge in [-0.25, -0.2) is 0 Å². The second kappa shape index (κ2) is 9.09. The predicted octanol–water partition coefficient (Wildman–Crippen LogP) is 3.83. The number of aromatic hydroxyl groups is 1. The topological polar surface area (TPSA) is 89.5 Å². The summed E-state index contributed by atoms with van der Waals surface area (Å²) in [7, 11) is 3.77. The van der Waals surface area contributed by atoms with E-state index in [-0.39, 0.29) is 5.75 Å². The van der Waals surface area contributed by atoms with Crippen LogP contribution >= 0.6 is 0 Å². The van der Waals surface area contributed by atoms with Crippen LogP contribution in [0.5, 0.6) is 11.6 Å². The zero-order chi connectivity index (χ0) is 22.8. The number of aromatic amines is 1. The predicted molar refractivity (Wildman–Crippen MR) is 130 cm³/mol. The van der Waals surface area contributed by atoms with Gasteiger partial charge in [-0.1, -0.05) is 24.3 Å². The van der Waals surface area contributed by atoms with Crippen molar-refractivity contribution in [3.05, 3.63) is 60.3 Å². The molecule has 1 aliphatic rings. The van der Waals surface area contributed by atoms with Crippen molar-refractivity contribution in [2.24, 2.45) is 0 Å². The molecule has 1 saturated heterocycles. The number of piperazine rings is 1. The van der Waals surface area contributed by atoms with Gasteiger partial charge in [0, 0.05) is 50.2 Å². The molecule has 0 radical (unpaired) electrons. The number of aromatic nitrogens is 3. The number of phenols is 1. The molecule has 170 valence electrons. The summed E-state index contributed by atoms with van der Waals surface area (Å²) in [6.07, 6.45) is 1.85. The Morgan fingerprint density at radius 3 is 2.58 bits per heavy atom. The molecule has 0 bridgehead atoms. The van der Waals surface area contributed by atoms with Gasteiger partial charge in [-0.2, -0.15) is 9.97 Å². The van der Waals surface area contributed by atoms with Crippen LogP contribution in [0.3, 0.4) is 0 Å². The minimum atomic E-state index is 0.205. The van der Waals surface area contributed by atoms with Crippen molar-refractivity contribution in [1.29, 1.82) is 0 Å². The van der Waals surface area contributed by atoms with Crippen LogP contribution in [0.1, 0.15) is 5.56 Å². The van der Waals surface area contributed by atoms with E-state index < -0.39 is 0 Å². The lowest BCUT2D eigenvalue weighted by molar-refractivity contribution is 0.148. The number of methoxy groups -OCH3 is 1. The Hall–Kier alpha value is -3.62. The second-order valence-electron chi connectivity index (χ2n) is 8.43. The summed E-state index contributed by atoms with van der Waals surface area (Å²) in [6, 6.07) is 15.5. The largest absolute Gasteiger partial charge is 0.508 e. The Kier molecular flexibility index (Phi) is 5.85. The number of hydrogen-bond acceptors (Lipinski definition) is 7. The maximum absolute atomic E-state index is 9.85. The van der Waals surface area contributed by atoms with Crippen molar-refractivity contribution in [2.45, 2.75) is 6.54 Å². The van der Waals surface area contributed by atoms with Crippen LogP contribution in [0, 0.1) is 0 Å². The summed E-state index contributed by atoms with van der Waals surface area (Å²) < 4.78 is 5.59. The zero-order valence-electron chi connectivity index (χ0n) is 18.9. The fraction of sp³-hybridized carbons (Fsp3) is 0.280. The van der Waals surface area contributed by atoms with Gasteiger partial charge in [-0.3, -0.25) is 4.90 Å². The summed E-state index contributed by atoms with van der Waals surface area (Å²) >= 11 is 0. The number of likely N-dealkylation sites (N-methyl/N-ethyl adjacent to an activating group) is 1. The molecule has 0 atom stereocenters. The van der Waals surface area contributed by atoms with Gasteiger partial charge in [0.05, 0.1) is 12.5 Å². The fourth-order valence-electron chi connectivity index (χ4n) is 4.19. The van der Waals surface area contributed by atoms with Crippen LogP contribution in [-0.2, 0) is 6.54 Å². The minimum Gasteiger partial charge on any atom is -0.508 e. The average Bonchev–Trinajstić information content (AvgIpc) is 3.25. The number of anilines is 2. The number of ether oxygens (including phenoxy) is 1. The molecule has 0 aliphatic carbocycles. The average molecular weight is 445 g/mol. The Morgan fingerprint density at radius 1 is 1.06 bits per heavy atom. The highest BCUT2D eigenvalue weighted by atomic mass is 16.5. The van der Waals surface area contributed by atoms with Gasteiger partial charge < -0.3 is 25.0 Å². The number of phenolic OH excluding ortho intramolecular Hbond substituents is 1. The van der Waals surface area contributed by atoms with Gasteiger partial charge in [0.2, 0.25) is 11.8 Å². The molecule has 4 aromatic rings. The Labute approximate surface area is 192 Å². The molecule has 2 aromatic carbocycles. The summed E-state index contributed by atoms with van der Waals surface area (Å²) in [5.41, 5.74) is 4.60. The molecule has 1 fully saturated rings. The third-order valence-electron chi connectivity index (χ3n) is 6.06. The van der Waals surface area contributed by atoms with Crippen molar-refractivity contribution in [2.75, 3.05) is 45.7 Å². The van der Waals surface area contributed by atoms with E-state index in [1.54, 1.807) is 25.3 Å². The maximum Gasteiger partial charge on any atom is 0.232 e. The van der Waals surface area contributed by atoms with E-state index in [4.69, 9.17) is 4.74 Å². The summed E-state index contributed by atoms with van der Waals surface area (Å²) in [5, 5.41) is 13.9. The first-order valence-electron chi connectivity index (χ1n) is 11.1. The lowest BCUT2D eigenvalue weighted by Gasteiger charge is -2.32. The van der Waals surface area contributed by atoms with Gasteiger partial charge in [0.15, 0.2) is 0 Å². The number of hydrogen-bond donors (Lipinski definition) is 3. The standard InChI is InChI=1S/C25H28N6O2/c1-30-10-12-31(13-11-30)16-17-6-8-19(9-7-17)27-25-28-23-22(24(29-25)33-2)21(15-26-23)18-4-3-5-20(32)14-18/h3-9,14-15,32H,10-13,16H2,1-2H3,(H2,26,27,28,29). The number of benzene rings is 2. The van der Waals surface area contributed by atoms with Gasteiger partial charge in [0.25, 0.3) is 0 Å². The number of H-pyrrole nitrogens is 1. The third-order valence-corrected chi connectivity index (χ3v) is 6.06. The van der Waals surface area contributed by atoms with Crippen molar-refractivity contribution in [3.63, 3.8) is 0 Å². The molecular weight excluding hydrogens is 416 g/mol. The van der Waals surface area contributed by atoms with Crippen LogP contribution in [0.4, 0.5) is 11.6 Å². The number of fused-ring (bicyclic) bond motifs is 1. The highest BCUT2D eigenvalue weighted by Crippen LogP contribution is 2.35. The van der Waals surface area contributed by atoms with E-state index in [0.717, 1.165) is 54.9 Å². The third kappa shape index (κ3) is 4.62. The molecule has 1 aliphatic heterocycles. The Bertz CT molecular complexity index is 1250. The molecule has 33 heavy (non-hydrogen) atoms. The fourth-order valence-corrected chi connectivity index (χ4v) is 4.19. The molecular formula is C25H28N6O2. The molecule has 0 saturated carbocycles. The van der Waals surface area contributed by atoms with E-state index in [2.05, 4.69) is 61.4 Å². The summed E-state index contributed by atoms with van der Waals surface area (Å²) in [6.45, 7) is 5.40.